The van der Waals surface area contributed by atoms with Gasteiger partial charge in [0.2, 0.25) is 0 Å². The summed E-state index contributed by atoms with van der Waals surface area (Å²) in [6, 6.07) is 4.13. The van der Waals surface area contributed by atoms with Gasteiger partial charge in [0.25, 0.3) is 5.91 Å². The van der Waals surface area contributed by atoms with E-state index in [1.807, 2.05) is 0 Å². The van der Waals surface area contributed by atoms with Crippen molar-refractivity contribution in [2.24, 2.45) is 5.73 Å². The summed E-state index contributed by atoms with van der Waals surface area (Å²) >= 11 is 7.84. The van der Waals surface area contributed by atoms with Gasteiger partial charge in [-0.05, 0) is 35.0 Å². The standard InChI is InChI=1S/C11H12BrFN2OS/c1-6(10(14)17)15(2)11(16)7-4-3-5-8(12)9(7)13/h3-6H,1-2H3,(H2,14,17). The number of carbonyl (C=O) groups excluding carboxylic acids is 1. The molecule has 1 aromatic carbocycles. The van der Waals surface area contributed by atoms with Crippen molar-refractivity contribution < 1.29 is 9.18 Å². The number of thiocarbonyl (C=S) groups is 1. The molecule has 17 heavy (non-hydrogen) atoms. The Morgan fingerprint density at radius 1 is 1.59 bits per heavy atom. The zero-order chi connectivity index (χ0) is 13.2. The molecule has 0 fully saturated rings. The van der Waals surface area contributed by atoms with Crippen LogP contribution in [-0.2, 0) is 0 Å². The largest absolute Gasteiger partial charge is 0.392 e. The lowest BCUT2D eigenvalue weighted by molar-refractivity contribution is 0.0774. The monoisotopic (exact) mass is 318 g/mol. The Morgan fingerprint density at radius 3 is 2.71 bits per heavy atom. The predicted molar refractivity (Wildman–Crippen MR) is 72.4 cm³/mol. The second-order valence-electron chi connectivity index (χ2n) is 3.60. The first-order chi connectivity index (χ1) is 7.86. The number of hydrogen-bond donors (Lipinski definition) is 1. The third-order valence-corrected chi connectivity index (χ3v) is 3.45. The van der Waals surface area contributed by atoms with Gasteiger partial charge < -0.3 is 10.6 Å². The number of amides is 1. The minimum atomic E-state index is -0.584. The van der Waals surface area contributed by atoms with Crippen LogP contribution in [0.4, 0.5) is 4.39 Å². The fourth-order valence-electron chi connectivity index (χ4n) is 1.23. The van der Waals surface area contributed by atoms with E-state index in [2.05, 4.69) is 15.9 Å². The van der Waals surface area contributed by atoms with Crippen LogP contribution in [0.1, 0.15) is 17.3 Å². The fraction of sp³-hybridized carbons (Fsp3) is 0.273. The summed E-state index contributed by atoms with van der Waals surface area (Å²) in [5.41, 5.74) is 5.45. The molecule has 1 atom stereocenters. The minimum Gasteiger partial charge on any atom is -0.392 e. The van der Waals surface area contributed by atoms with Crippen molar-refractivity contribution in [3.8, 4) is 0 Å². The number of likely N-dealkylation sites (N-methyl/N-ethyl adjacent to an activating group) is 1. The van der Waals surface area contributed by atoms with Gasteiger partial charge in [-0.1, -0.05) is 18.3 Å². The van der Waals surface area contributed by atoms with Crippen LogP contribution in [0, 0.1) is 5.82 Å². The summed E-state index contributed by atoms with van der Waals surface area (Å²) in [6.45, 7) is 1.69. The van der Waals surface area contributed by atoms with Crippen molar-refractivity contribution in [2.75, 3.05) is 7.05 Å². The zero-order valence-corrected chi connectivity index (χ0v) is 11.8. The van der Waals surface area contributed by atoms with Crippen LogP contribution >= 0.6 is 28.1 Å². The molecule has 1 aromatic rings. The lowest BCUT2D eigenvalue weighted by Gasteiger charge is -2.24. The van der Waals surface area contributed by atoms with Gasteiger partial charge in [0.1, 0.15) is 5.82 Å². The molecule has 0 radical (unpaired) electrons. The van der Waals surface area contributed by atoms with Gasteiger partial charge in [0.15, 0.2) is 0 Å². The zero-order valence-electron chi connectivity index (χ0n) is 9.41. The van der Waals surface area contributed by atoms with E-state index in [1.54, 1.807) is 13.0 Å². The molecule has 6 heteroatoms. The van der Waals surface area contributed by atoms with Gasteiger partial charge in [0, 0.05) is 7.05 Å². The van der Waals surface area contributed by atoms with Crippen molar-refractivity contribution in [3.63, 3.8) is 0 Å². The molecule has 1 rings (SSSR count). The molecule has 0 spiro atoms. The van der Waals surface area contributed by atoms with Gasteiger partial charge in [-0.3, -0.25) is 4.79 Å². The molecule has 0 aliphatic rings. The maximum atomic E-state index is 13.7. The minimum absolute atomic E-state index is 0.00928. The van der Waals surface area contributed by atoms with Crippen molar-refractivity contribution in [1.29, 1.82) is 0 Å². The third-order valence-electron chi connectivity index (χ3n) is 2.50. The lowest BCUT2D eigenvalue weighted by atomic mass is 10.1. The normalized spacial score (nSPS) is 12.0. The van der Waals surface area contributed by atoms with E-state index in [9.17, 15) is 9.18 Å². The third kappa shape index (κ3) is 3.01. The van der Waals surface area contributed by atoms with E-state index >= 15 is 0 Å². The fourth-order valence-corrected chi connectivity index (χ4v) is 1.75. The predicted octanol–water partition coefficient (Wildman–Crippen LogP) is 2.33. The average Bonchev–Trinajstić information content (AvgIpc) is 2.29. The lowest BCUT2D eigenvalue weighted by Crippen LogP contribution is -2.43. The summed E-state index contributed by atoms with van der Waals surface area (Å²) in [6.07, 6.45) is 0. The number of hydrogen-bond acceptors (Lipinski definition) is 2. The van der Waals surface area contributed by atoms with E-state index in [4.69, 9.17) is 18.0 Å². The van der Waals surface area contributed by atoms with Gasteiger partial charge >= 0.3 is 0 Å². The van der Waals surface area contributed by atoms with Crippen LogP contribution in [0.25, 0.3) is 0 Å². The molecule has 0 aliphatic carbocycles. The molecule has 1 unspecified atom stereocenters. The summed E-state index contributed by atoms with van der Waals surface area (Å²) < 4.78 is 14.0. The molecule has 0 saturated heterocycles. The van der Waals surface area contributed by atoms with E-state index in [0.717, 1.165) is 0 Å². The summed E-state index contributed by atoms with van der Waals surface area (Å²) in [4.78, 5) is 13.5. The maximum absolute atomic E-state index is 13.7. The molecular formula is C11H12BrFN2OS. The Hall–Kier alpha value is -1.01. The highest BCUT2D eigenvalue weighted by Gasteiger charge is 2.22. The van der Waals surface area contributed by atoms with E-state index in [1.165, 1.54) is 24.1 Å². The number of nitrogens with two attached hydrogens (primary N) is 1. The molecule has 2 N–H and O–H groups in total. The highest BCUT2D eigenvalue weighted by atomic mass is 79.9. The SMILES string of the molecule is CC(C(N)=S)N(C)C(=O)c1cccc(Br)c1F. The second-order valence-corrected chi connectivity index (χ2v) is 4.92. The Bertz CT molecular complexity index is 467. The van der Waals surface area contributed by atoms with Crippen LogP contribution in [0.2, 0.25) is 0 Å². The number of benzene rings is 1. The van der Waals surface area contributed by atoms with Gasteiger partial charge in [0.05, 0.1) is 21.1 Å². The van der Waals surface area contributed by atoms with Crippen LogP contribution in [-0.4, -0.2) is 28.9 Å². The molecule has 0 aliphatic heterocycles. The highest BCUT2D eigenvalue weighted by molar-refractivity contribution is 9.10. The Kier molecular flexibility index (Phi) is 4.59. The first-order valence-corrected chi connectivity index (χ1v) is 6.07. The van der Waals surface area contributed by atoms with Crippen molar-refractivity contribution >= 4 is 39.0 Å². The van der Waals surface area contributed by atoms with Crippen molar-refractivity contribution in [2.45, 2.75) is 13.0 Å². The number of nitrogens with zero attached hydrogens (tertiary/aromatic N) is 1. The quantitative estimate of drug-likeness (QED) is 0.870. The van der Waals surface area contributed by atoms with E-state index in [0.29, 0.717) is 0 Å². The van der Waals surface area contributed by atoms with Crippen LogP contribution < -0.4 is 5.73 Å². The number of carbonyl (C=O) groups is 1. The smallest absolute Gasteiger partial charge is 0.257 e. The van der Waals surface area contributed by atoms with Crippen LogP contribution in [0.15, 0.2) is 22.7 Å². The van der Waals surface area contributed by atoms with E-state index in [-0.39, 0.29) is 15.0 Å². The maximum Gasteiger partial charge on any atom is 0.257 e. The Balaban J connectivity index is 3.05. The molecular weight excluding hydrogens is 307 g/mol. The summed E-state index contributed by atoms with van der Waals surface area (Å²) in [5.74, 6) is -1.04. The van der Waals surface area contributed by atoms with Crippen molar-refractivity contribution in [1.82, 2.24) is 4.90 Å². The summed E-state index contributed by atoms with van der Waals surface area (Å²) in [7, 11) is 1.53. The topological polar surface area (TPSA) is 46.3 Å². The van der Waals surface area contributed by atoms with Crippen molar-refractivity contribution in [3.05, 3.63) is 34.1 Å². The van der Waals surface area contributed by atoms with Crippen LogP contribution in [0.3, 0.4) is 0 Å². The molecule has 3 nitrogen and oxygen atoms in total. The number of halogens is 2. The van der Waals surface area contributed by atoms with Gasteiger partial charge in [-0.15, -0.1) is 0 Å². The Labute approximate surface area is 113 Å². The molecule has 0 saturated carbocycles. The molecule has 92 valence electrons. The molecule has 0 bridgehead atoms. The second kappa shape index (κ2) is 5.55. The first kappa shape index (κ1) is 14.1. The van der Waals surface area contributed by atoms with Crippen LogP contribution in [0.5, 0.6) is 0 Å². The van der Waals surface area contributed by atoms with Gasteiger partial charge in [-0.25, -0.2) is 4.39 Å². The number of rotatable bonds is 3. The summed E-state index contributed by atoms with van der Waals surface area (Å²) in [5, 5.41) is 0. The average molecular weight is 319 g/mol. The van der Waals surface area contributed by atoms with E-state index < -0.39 is 17.8 Å². The molecule has 0 aromatic heterocycles. The highest BCUT2D eigenvalue weighted by Crippen LogP contribution is 2.20. The molecule has 0 heterocycles. The first-order valence-electron chi connectivity index (χ1n) is 4.86. The Morgan fingerprint density at radius 2 is 2.18 bits per heavy atom. The molecule has 1 amide bonds. The van der Waals surface area contributed by atoms with Gasteiger partial charge in [-0.2, -0.15) is 0 Å².